The summed E-state index contributed by atoms with van der Waals surface area (Å²) in [6.45, 7) is 12.8. The van der Waals surface area contributed by atoms with Crippen molar-refractivity contribution in [2.24, 2.45) is 11.8 Å². The topological polar surface area (TPSA) is 75.7 Å². The summed E-state index contributed by atoms with van der Waals surface area (Å²) in [6, 6.07) is -1.39. The minimum absolute atomic E-state index is 0.0550. The summed E-state index contributed by atoms with van der Waals surface area (Å²) in [6.07, 6.45) is 1.96. The maximum absolute atomic E-state index is 12.7. The molecule has 0 spiro atoms. The monoisotopic (exact) mass is 327 g/mol. The highest BCUT2D eigenvalue weighted by Gasteiger charge is 2.33. The molecule has 0 aromatic rings. The Morgan fingerprint density at radius 1 is 1.22 bits per heavy atom. The third-order valence-corrected chi connectivity index (χ3v) is 3.67. The molecule has 0 aromatic carbocycles. The van der Waals surface area contributed by atoms with Gasteiger partial charge in [-0.1, -0.05) is 34.1 Å². The maximum atomic E-state index is 12.7. The van der Waals surface area contributed by atoms with Gasteiger partial charge < -0.3 is 15.0 Å². The molecule has 3 atom stereocenters. The van der Waals surface area contributed by atoms with Gasteiger partial charge in [0.25, 0.3) is 0 Å². The second kappa shape index (κ2) is 8.89. The van der Waals surface area contributed by atoms with Crippen LogP contribution in [-0.4, -0.2) is 47.9 Å². The van der Waals surface area contributed by atoms with Crippen LogP contribution in [-0.2, 0) is 14.3 Å². The summed E-state index contributed by atoms with van der Waals surface area (Å²) in [5.74, 6) is -0.454. The third kappa shape index (κ3) is 7.01. The molecule has 1 N–H and O–H groups in total. The molecule has 0 unspecified atom stereocenters. The number of rotatable bonds is 7. The molecule has 133 valence electrons. The second-order valence-electron chi connectivity index (χ2n) is 7.27. The molecule has 0 bridgehead atoms. The van der Waals surface area contributed by atoms with E-state index in [1.54, 1.807) is 27.8 Å². The van der Waals surface area contributed by atoms with Crippen molar-refractivity contribution >= 4 is 18.3 Å². The molecule has 0 aliphatic rings. The van der Waals surface area contributed by atoms with Gasteiger partial charge in [0.15, 0.2) is 0 Å². The molecule has 0 aliphatic heterocycles. The molecule has 0 saturated carbocycles. The van der Waals surface area contributed by atoms with Crippen LogP contribution in [0.2, 0.25) is 0 Å². The van der Waals surface area contributed by atoms with Crippen molar-refractivity contribution in [3.63, 3.8) is 0 Å². The maximum Gasteiger partial charge on any atom is 0.408 e. The summed E-state index contributed by atoms with van der Waals surface area (Å²) >= 11 is 0. The van der Waals surface area contributed by atoms with Gasteiger partial charge in [0.2, 0.25) is 12.2 Å². The van der Waals surface area contributed by atoms with Crippen LogP contribution >= 0.6 is 0 Å². The quantitative estimate of drug-likeness (QED) is 0.779. The van der Waals surface area contributed by atoms with E-state index in [9.17, 15) is 14.4 Å². The van der Waals surface area contributed by atoms with Gasteiger partial charge in [-0.2, -0.15) is 0 Å². The fourth-order valence-electron chi connectivity index (χ4n) is 2.14. The number of hydrogen-bond donors (Lipinski definition) is 1. The summed E-state index contributed by atoms with van der Waals surface area (Å²) in [4.78, 5) is 37.2. The van der Waals surface area contributed by atoms with E-state index >= 15 is 0 Å². The van der Waals surface area contributed by atoms with Crippen LogP contribution in [0.3, 0.4) is 0 Å². The Balaban J connectivity index is 5.20. The number of alkyl carbamates (subject to hydrolysis) is 1. The number of nitrogens with one attached hydrogen (secondary N) is 1. The Morgan fingerprint density at radius 3 is 2.09 bits per heavy atom. The van der Waals surface area contributed by atoms with Crippen LogP contribution in [0.5, 0.6) is 0 Å². The zero-order chi connectivity index (χ0) is 18.4. The highest BCUT2D eigenvalue weighted by Crippen LogP contribution is 2.15. The van der Waals surface area contributed by atoms with E-state index in [2.05, 4.69) is 5.32 Å². The number of carbonyl (C=O) groups is 2. The van der Waals surface area contributed by atoms with Gasteiger partial charge >= 0.3 is 6.09 Å². The van der Waals surface area contributed by atoms with Crippen LogP contribution in [0.4, 0.5) is 4.79 Å². The van der Waals surface area contributed by atoms with Crippen LogP contribution in [0, 0.1) is 11.8 Å². The highest BCUT2D eigenvalue weighted by atomic mass is 16.6. The van der Waals surface area contributed by atoms with Gasteiger partial charge in [0.1, 0.15) is 17.7 Å². The lowest BCUT2D eigenvalue weighted by Gasteiger charge is -2.32. The van der Waals surface area contributed by atoms with Crippen molar-refractivity contribution in [1.82, 2.24) is 10.2 Å². The molecule has 0 aliphatic carbocycles. The molecule has 0 heterocycles. The molecule has 23 heavy (non-hydrogen) atoms. The van der Waals surface area contributed by atoms with Crippen LogP contribution in [0.25, 0.3) is 0 Å². The average Bonchev–Trinajstić information content (AvgIpc) is 2.41. The van der Waals surface area contributed by atoms with Gasteiger partial charge in [0, 0.05) is 7.05 Å². The minimum atomic E-state index is -0.741. The molecular weight excluding hydrogens is 296 g/mol. The molecule has 0 fully saturated rings. The number of amides is 2. The number of nitrogens with zero attached hydrogens (tertiary/aromatic N) is 1. The van der Waals surface area contributed by atoms with Gasteiger partial charge in [-0.3, -0.25) is 9.59 Å². The number of ether oxygens (including phenoxy) is 1. The number of likely N-dealkylation sites (N-methyl/N-ethyl adjacent to an activating group) is 1. The smallest absolute Gasteiger partial charge is 0.408 e. The minimum Gasteiger partial charge on any atom is -0.444 e. The van der Waals surface area contributed by atoms with Crippen LogP contribution in [0.1, 0.15) is 54.9 Å². The summed E-state index contributed by atoms with van der Waals surface area (Å²) in [5.41, 5.74) is -0.643. The van der Waals surface area contributed by atoms with E-state index in [1.807, 2.05) is 34.0 Å². The predicted octanol–water partition coefficient (Wildman–Crippen LogP) is 2.52. The van der Waals surface area contributed by atoms with Gasteiger partial charge in [-0.25, -0.2) is 4.79 Å². The van der Waals surface area contributed by atoms with Crippen molar-refractivity contribution in [2.45, 2.75) is 72.6 Å². The first kappa shape index (κ1) is 21.4. The Kier molecular flexibility index (Phi) is 8.28. The molecule has 2 amide bonds. The summed E-state index contributed by atoms with van der Waals surface area (Å²) in [7, 11) is 1.56. The van der Waals surface area contributed by atoms with E-state index in [1.165, 1.54) is 4.90 Å². The lowest BCUT2D eigenvalue weighted by molar-refractivity contribution is -0.135. The van der Waals surface area contributed by atoms with Crippen molar-refractivity contribution in [2.75, 3.05) is 7.05 Å². The lowest BCUT2D eigenvalue weighted by atomic mass is 9.96. The average molecular weight is 327 g/mol. The Morgan fingerprint density at radius 2 is 1.74 bits per heavy atom. The first-order valence-electron chi connectivity index (χ1n) is 8.08. The van der Waals surface area contributed by atoms with Crippen LogP contribution < -0.4 is 5.32 Å². The Bertz CT molecular complexity index is 415. The zero-order valence-corrected chi connectivity index (χ0v) is 15.6. The van der Waals surface area contributed by atoms with E-state index in [0.717, 1.165) is 0 Å². The number of carbonyl (C=O) groups excluding carboxylic acids is 3. The first-order valence-corrected chi connectivity index (χ1v) is 8.08. The third-order valence-electron chi connectivity index (χ3n) is 3.67. The Hall–Kier alpha value is -1.59. The van der Waals surface area contributed by atoms with Gasteiger partial charge in [-0.05, 0) is 32.6 Å². The summed E-state index contributed by atoms with van der Waals surface area (Å²) < 4.78 is 5.23. The van der Waals surface area contributed by atoms with E-state index in [4.69, 9.17) is 4.74 Å². The predicted molar refractivity (Wildman–Crippen MR) is 89.7 cm³/mol. The molecule has 0 saturated heterocycles. The molecule has 6 heteroatoms. The van der Waals surface area contributed by atoms with Crippen LogP contribution in [0.15, 0.2) is 0 Å². The van der Waals surface area contributed by atoms with Crippen molar-refractivity contribution < 1.29 is 19.1 Å². The normalized spacial score (nSPS) is 15.5. The van der Waals surface area contributed by atoms with E-state index in [-0.39, 0.29) is 17.7 Å². The fourth-order valence-corrected chi connectivity index (χ4v) is 2.14. The Labute approximate surface area is 139 Å². The van der Waals surface area contributed by atoms with Crippen molar-refractivity contribution in [3.8, 4) is 0 Å². The fraction of sp³-hybridized carbons (Fsp3) is 0.824. The first-order chi connectivity index (χ1) is 10.4. The largest absolute Gasteiger partial charge is 0.444 e. The lowest BCUT2D eigenvalue weighted by Crippen LogP contribution is -2.55. The van der Waals surface area contributed by atoms with E-state index in [0.29, 0.717) is 6.42 Å². The highest BCUT2D eigenvalue weighted by molar-refractivity contribution is 5.87. The van der Waals surface area contributed by atoms with Gasteiger partial charge in [-0.15, -0.1) is 0 Å². The van der Waals surface area contributed by atoms with E-state index < -0.39 is 23.8 Å². The second-order valence-corrected chi connectivity index (χ2v) is 7.27. The standard InChI is InChI=1S/C17H31N2O4/c1-9-12(4)14(18-16(22)23-17(5,6)7)15(21)19(8)13(10-20)11(2)3/h11-14H,9H2,1-8H3,(H,18,22)/t12-,13-,14+/m1/s1. The van der Waals surface area contributed by atoms with Crippen molar-refractivity contribution in [1.29, 1.82) is 0 Å². The number of hydrogen-bond acceptors (Lipinski definition) is 4. The zero-order valence-electron chi connectivity index (χ0n) is 15.6. The van der Waals surface area contributed by atoms with Crippen molar-refractivity contribution in [3.05, 3.63) is 0 Å². The molecule has 1 radical (unpaired) electrons. The van der Waals surface area contributed by atoms with Gasteiger partial charge in [0.05, 0.1) is 0 Å². The molecule has 6 nitrogen and oxygen atoms in total. The molecule has 0 rings (SSSR count). The molecule has 0 aromatic heterocycles. The SMILES string of the molecule is CC[C@@H](C)[C@H](NC(=O)OC(C)(C)C)C(=O)N(C)[C@H]([C]=O)C(C)C. The summed E-state index contributed by atoms with van der Waals surface area (Å²) in [5, 5.41) is 2.64. The molecular formula is C17H31N2O4.